The number of carbonyl (C=O) groups is 1. The zero-order valence-electron chi connectivity index (χ0n) is 12.0. The maximum absolute atomic E-state index is 11.8. The Labute approximate surface area is 119 Å². The molecule has 2 atom stereocenters. The lowest BCUT2D eigenvalue weighted by Gasteiger charge is -2.37. The van der Waals surface area contributed by atoms with E-state index in [0.29, 0.717) is 12.3 Å². The van der Waals surface area contributed by atoms with Gasteiger partial charge in [-0.25, -0.2) is 4.98 Å². The highest BCUT2D eigenvalue weighted by Crippen LogP contribution is 2.44. The lowest BCUT2D eigenvalue weighted by Crippen LogP contribution is -2.38. The fraction of sp³-hybridized carbons (Fsp3) is 0.733. The maximum atomic E-state index is 11.8. The standard InChI is InChI=1S/C15H23NO2S/c1-4-12-6-5-7-15(8-12,14(17)18)9-13-16-10(2)11(3)19-13/h12H,4-9H2,1-3H3,(H,17,18). The summed E-state index contributed by atoms with van der Waals surface area (Å²) in [5.41, 5.74) is 0.471. The van der Waals surface area contributed by atoms with Crippen molar-refractivity contribution in [2.24, 2.45) is 11.3 Å². The van der Waals surface area contributed by atoms with Crippen LogP contribution in [0.1, 0.15) is 54.6 Å². The van der Waals surface area contributed by atoms with Crippen molar-refractivity contribution in [2.75, 3.05) is 0 Å². The first-order chi connectivity index (χ1) is 8.97. The number of aryl methyl sites for hydroxylation is 2. The predicted octanol–water partition coefficient (Wildman–Crippen LogP) is 3.97. The molecule has 0 aliphatic heterocycles. The summed E-state index contributed by atoms with van der Waals surface area (Å²) in [6.45, 7) is 6.22. The van der Waals surface area contributed by atoms with Crippen molar-refractivity contribution in [3.8, 4) is 0 Å². The third kappa shape index (κ3) is 2.99. The number of hydrogen-bond acceptors (Lipinski definition) is 3. The Hall–Kier alpha value is -0.900. The second-order valence-corrected chi connectivity index (χ2v) is 7.17. The second-order valence-electron chi connectivity index (χ2n) is 5.88. The minimum Gasteiger partial charge on any atom is -0.481 e. The summed E-state index contributed by atoms with van der Waals surface area (Å²) >= 11 is 1.66. The molecule has 106 valence electrons. The molecule has 1 N–H and O–H groups in total. The molecule has 1 saturated carbocycles. The third-order valence-corrected chi connectivity index (χ3v) is 5.61. The van der Waals surface area contributed by atoms with Gasteiger partial charge in [-0.15, -0.1) is 11.3 Å². The molecule has 3 nitrogen and oxygen atoms in total. The molecule has 1 heterocycles. The van der Waals surface area contributed by atoms with E-state index in [-0.39, 0.29) is 0 Å². The highest BCUT2D eigenvalue weighted by molar-refractivity contribution is 7.11. The average molecular weight is 281 g/mol. The van der Waals surface area contributed by atoms with E-state index < -0.39 is 11.4 Å². The van der Waals surface area contributed by atoms with Gasteiger partial charge in [0.1, 0.15) is 0 Å². The molecule has 2 unspecified atom stereocenters. The van der Waals surface area contributed by atoms with Gasteiger partial charge >= 0.3 is 5.97 Å². The summed E-state index contributed by atoms with van der Waals surface area (Å²) in [7, 11) is 0. The quantitative estimate of drug-likeness (QED) is 0.908. The molecular weight excluding hydrogens is 258 g/mol. The van der Waals surface area contributed by atoms with Gasteiger partial charge < -0.3 is 5.11 Å². The van der Waals surface area contributed by atoms with E-state index >= 15 is 0 Å². The normalized spacial score (nSPS) is 27.4. The van der Waals surface area contributed by atoms with Crippen molar-refractivity contribution in [3.63, 3.8) is 0 Å². The molecule has 0 bridgehead atoms. The van der Waals surface area contributed by atoms with Gasteiger partial charge in [0.15, 0.2) is 0 Å². The van der Waals surface area contributed by atoms with E-state index in [1.807, 2.05) is 6.92 Å². The van der Waals surface area contributed by atoms with E-state index in [1.165, 1.54) is 11.3 Å². The number of nitrogens with zero attached hydrogens (tertiary/aromatic N) is 1. The molecule has 1 aliphatic carbocycles. The van der Waals surface area contributed by atoms with E-state index in [1.54, 1.807) is 11.3 Å². The number of carboxylic acids is 1. The number of rotatable bonds is 4. The highest BCUT2D eigenvalue weighted by atomic mass is 32.1. The van der Waals surface area contributed by atoms with Gasteiger partial charge in [0.05, 0.1) is 16.1 Å². The van der Waals surface area contributed by atoms with Gasteiger partial charge in [0, 0.05) is 11.3 Å². The second kappa shape index (κ2) is 5.61. The van der Waals surface area contributed by atoms with E-state index in [2.05, 4.69) is 18.8 Å². The molecule has 0 spiro atoms. The summed E-state index contributed by atoms with van der Waals surface area (Å²) in [6, 6.07) is 0. The molecular formula is C15H23NO2S. The van der Waals surface area contributed by atoms with Crippen molar-refractivity contribution in [1.82, 2.24) is 4.98 Å². The summed E-state index contributed by atoms with van der Waals surface area (Å²) in [5, 5.41) is 10.7. The topological polar surface area (TPSA) is 50.2 Å². The van der Waals surface area contributed by atoms with Gasteiger partial charge in [0.2, 0.25) is 0 Å². The van der Waals surface area contributed by atoms with E-state index in [0.717, 1.165) is 36.4 Å². The van der Waals surface area contributed by atoms with Crippen LogP contribution in [0, 0.1) is 25.2 Å². The van der Waals surface area contributed by atoms with Gasteiger partial charge in [0.25, 0.3) is 0 Å². The first-order valence-electron chi connectivity index (χ1n) is 7.13. The van der Waals surface area contributed by atoms with Gasteiger partial charge in [-0.1, -0.05) is 26.2 Å². The molecule has 0 saturated heterocycles. The Morgan fingerprint density at radius 1 is 1.53 bits per heavy atom. The van der Waals surface area contributed by atoms with Crippen LogP contribution in [0.5, 0.6) is 0 Å². The Balaban J connectivity index is 2.22. The average Bonchev–Trinajstić information content (AvgIpc) is 2.68. The summed E-state index contributed by atoms with van der Waals surface area (Å²) in [4.78, 5) is 17.6. The van der Waals surface area contributed by atoms with Gasteiger partial charge in [-0.2, -0.15) is 0 Å². The Bertz CT molecular complexity index is 449. The van der Waals surface area contributed by atoms with E-state index in [4.69, 9.17) is 0 Å². The zero-order valence-corrected chi connectivity index (χ0v) is 12.8. The van der Waals surface area contributed by atoms with Crippen LogP contribution in [0.25, 0.3) is 0 Å². The van der Waals surface area contributed by atoms with Gasteiger partial charge in [-0.3, -0.25) is 4.79 Å². The lowest BCUT2D eigenvalue weighted by molar-refractivity contribution is -0.152. The monoisotopic (exact) mass is 281 g/mol. The van der Waals surface area contributed by atoms with E-state index in [9.17, 15) is 9.90 Å². The van der Waals surface area contributed by atoms with Crippen molar-refractivity contribution in [2.45, 2.75) is 59.3 Å². The zero-order chi connectivity index (χ0) is 14.0. The number of aliphatic carboxylic acids is 1. The smallest absolute Gasteiger partial charge is 0.310 e. The number of thiazole rings is 1. The number of aromatic nitrogens is 1. The van der Waals surface area contributed by atoms with Crippen molar-refractivity contribution in [3.05, 3.63) is 15.6 Å². The van der Waals surface area contributed by atoms with Gasteiger partial charge in [-0.05, 0) is 32.6 Å². The first-order valence-corrected chi connectivity index (χ1v) is 7.95. The van der Waals surface area contributed by atoms with Crippen LogP contribution in [0.3, 0.4) is 0 Å². The largest absolute Gasteiger partial charge is 0.481 e. The van der Waals surface area contributed by atoms with Crippen LogP contribution in [0.2, 0.25) is 0 Å². The molecule has 1 fully saturated rings. The molecule has 2 rings (SSSR count). The first kappa shape index (κ1) is 14.5. The molecule has 19 heavy (non-hydrogen) atoms. The predicted molar refractivity (Wildman–Crippen MR) is 77.6 cm³/mol. The minimum atomic E-state index is -0.629. The molecule has 0 amide bonds. The van der Waals surface area contributed by atoms with Crippen LogP contribution in [0.15, 0.2) is 0 Å². The SMILES string of the molecule is CCC1CCCC(Cc2nc(C)c(C)s2)(C(=O)O)C1. The summed E-state index contributed by atoms with van der Waals surface area (Å²) in [5.74, 6) is -0.0665. The fourth-order valence-corrected chi connectivity index (χ4v) is 4.25. The number of carboxylic acid groups (broad SMARTS) is 1. The highest BCUT2D eigenvalue weighted by Gasteiger charge is 2.43. The van der Waals surface area contributed by atoms with Crippen LogP contribution in [-0.2, 0) is 11.2 Å². The minimum absolute atomic E-state index is 0.562. The maximum Gasteiger partial charge on any atom is 0.310 e. The van der Waals surface area contributed by atoms with Crippen molar-refractivity contribution >= 4 is 17.3 Å². The Morgan fingerprint density at radius 2 is 2.26 bits per heavy atom. The van der Waals surface area contributed by atoms with Crippen LogP contribution < -0.4 is 0 Å². The Morgan fingerprint density at radius 3 is 2.79 bits per heavy atom. The third-order valence-electron chi connectivity index (χ3n) is 4.54. The number of hydrogen-bond donors (Lipinski definition) is 1. The molecule has 1 aromatic heterocycles. The van der Waals surface area contributed by atoms with Crippen molar-refractivity contribution < 1.29 is 9.90 Å². The molecule has 1 aromatic rings. The summed E-state index contributed by atoms with van der Waals surface area (Å²) in [6.07, 6.45) is 5.53. The summed E-state index contributed by atoms with van der Waals surface area (Å²) < 4.78 is 0. The fourth-order valence-electron chi connectivity index (χ4n) is 3.17. The van der Waals surface area contributed by atoms with Crippen molar-refractivity contribution in [1.29, 1.82) is 0 Å². The molecule has 4 heteroatoms. The van der Waals surface area contributed by atoms with Crippen LogP contribution in [-0.4, -0.2) is 16.1 Å². The van der Waals surface area contributed by atoms with Crippen LogP contribution >= 0.6 is 11.3 Å². The van der Waals surface area contributed by atoms with Crippen LogP contribution in [0.4, 0.5) is 0 Å². The Kier molecular flexibility index (Phi) is 4.29. The lowest BCUT2D eigenvalue weighted by atomic mass is 9.67. The molecule has 0 radical (unpaired) electrons. The molecule has 1 aliphatic rings. The molecule has 0 aromatic carbocycles.